The third-order valence-electron chi connectivity index (χ3n) is 4.51. The first-order valence-electron chi connectivity index (χ1n) is 9.91. The number of pyridine rings is 1. The number of aromatic nitrogens is 1. The minimum atomic E-state index is -4.61. The maximum Gasteiger partial charge on any atom is 0.437 e. The summed E-state index contributed by atoms with van der Waals surface area (Å²) in [6.45, 7) is -0.194. The fourth-order valence-corrected chi connectivity index (χ4v) is 3.07. The van der Waals surface area contributed by atoms with E-state index in [1.54, 1.807) is 36.4 Å². The highest BCUT2D eigenvalue weighted by Crippen LogP contribution is 2.31. The molecule has 35 heavy (non-hydrogen) atoms. The van der Waals surface area contributed by atoms with E-state index >= 15 is 0 Å². The van der Waals surface area contributed by atoms with Crippen LogP contribution < -0.4 is 10.6 Å². The van der Waals surface area contributed by atoms with Crippen molar-refractivity contribution in [3.63, 3.8) is 0 Å². The molecule has 3 rings (SSSR count). The first kappa shape index (κ1) is 25.4. The van der Waals surface area contributed by atoms with Crippen molar-refractivity contribution in [1.29, 1.82) is 0 Å². The molecule has 0 aliphatic heterocycles. The summed E-state index contributed by atoms with van der Waals surface area (Å²) in [6, 6.07) is 15.0. The molecule has 1 aromatic heterocycles. The summed E-state index contributed by atoms with van der Waals surface area (Å²) in [5, 5.41) is 20.0. The molecule has 0 spiro atoms. The molecule has 0 unspecified atom stereocenters. The molecule has 1 amide bonds. The fraction of sp³-hybridized carbons (Fsp3) is 0.136. The summed E-state index contributed by atoms with van der Waals surface area (Å²) in [4.78, 5) is 31.4. The smallest absolute Gasteiger partial charge is 0.365 e. The van der Waals surface area contributed by atoms with E-state index in [9.17, 15) is 28.1 Å². The van der Waals surface area contributed by atoms with Crippen LogP contribution in [0.4, 0.5) is 29.3 Å². The van der Waals surface area contributed by atoms with E-state index < -0.39 is 22.8 Å². The van der Waals surface area contributed by atoms with Gasteiger partial charge in [-0.1, -0.05) is 53.2 Å². The molecule has 182 valence electrons. The van der Waals surface area contributed by atoms with Crippen LogP contribution in [-0.4, -0.2) is 21.8 Å². The SMILES string of the molecule is O=C(Nc1ccccc1)ON=C(Cc1ccccc1[N+](=O)[O-])NCc1ncc(C(F)(F)F)cc1Cl. The molecule has 0 bridgehead atoms. The molecule has 9 nitrogen and oxygen atoms in total. The number of nitro benzene ring substituents is 1. The molecule has 0 fully saturated rings. The standard InChI is InChI=1S/C22H17ClF3N5O4/c23-17-11-15(22(24,25)26)12-27-18(17)13-28-20(10-14-6-4-5-9-19(14)31(33)34)30-35-21(32)29-16-7-2-1-3-8-16/h1-9,11-12H,10,13H2,(H,28,30)(H,29,32). The van der Waals surface area contributed by atoms with Crippen LogP contribution >= 0.6 is 11.6 Å². The average Bonchev–Trinajstić information content (AvgIpc) is 2.81. The summed E-state index contributed by atoms with van der Waals surface area (Å²) >= 11 is 5.94. The lowest BCUT2D eigenvalue weighted by Crippen LogP contribution is -2.27. The second kappa shape index (κ2) is 11.3. The number of oxime groups is 1. The second-order valence-electron chi connectivity index (χ2n) is 6.97. The molecular formula is C22H17ClF3N5O4. The molecule has 0 saturated heterocycles. The van der Waals surface area contributed by atoms with Crippen molar-refractivity contribution in [3.05, 3.63) is 98.8 Å². The zero-order chi connectivity index (χ0) is 25.4. The summed E-state index contributed by atoms with van der Waals surface area (Å²) in [5.74, 6) is -0.0275. The second-order valence-corrected chi connectivity index (χ2v) is 7.38. The molecular weight excluding hydrogens is 491 g/mol. The molecule has 13 heteroatoms. The summed E-state index contributed by atoms with van der Waals surface area (Å²) < 4.78 is 38.5. The monoisotopic (exact) mass is 507 g/mol. The largest absolute Gasteiger partial charge is 0.437 e. The Morgan fingerprint density at radius 3 is 2.49 bits per heavy atom. The first-order valence-corrected chi connectivity index (χ1v) is 10.3. The van der Waals surface area contributed by atoms with Gasteiger partial charge in [-0.05, 0) is 18.2 Å². The number of rotatable bonds is 7. The van der Waals surface area contributed by atoms with E-state index in [0.717, 1.165) is 6.07 Å². The minimum Gasteiger partial charge on any atom is -0.365 e. The van der Waals surface area contributed by atoms with E-state index in [-0.39, 0.29) is 40.8 Å². The van der Waals surface area contributed by atoms with Crippen molar-refractivity contribution in [2.24, 2.45) is 5.16 Å². The number of carbonyl (C=O) groups excluding carboxylic acids is 1. The van der Waals surface area contributed by atoms with Gasteiger partial charge < -0.3 is 5.32 Å². The Kier molecular flexibility index (Phi) is 8.21. The molecule has 0 radical (unpaired) electrons. The lowest BCUT2D eigenvalue weighted by Gasteiger charge is -2.12. The highest BCUT2D eigenvalue weighted by Gasteiger charge is 2.31. The van der Waals surface area contributed by atoms with Crippen molar-refractivity contribution >= 4 is 34.9 Å². The van der Waals surface area contributed by atoms with Crippen molar-refractivity contribution in [2.45, 2.75) is 19.1 Å². The van der Waals surface area contributed by atoms with Gasteiger partial charge in [-0.3, -0.25) is 25.3 Å². The van der Waals surface area contributed by atoms with Gasteiger partial charge >= 0.3 is 12.3 Å². The number of nitro groups is 1. The van der Waals surface area contributed by atoms with E-state index in [0.29, 0.717) is 11.9 Å². The quantitative estimate of drug-likeness (QED) is 0.142. The number of hydrogen-bond donors (Lipinski definition) is 2. The Balaban J connectivity index is 1.79. The predicted molar refractivity (Wildman–Crippen MR) is 122 cm³/mol. The predicted octanol–water partition coefficient (Wildman–Crippen LogP) is 5.56. The van der Waals surface area contributed by atoms with Gasteiger partial charge in [0.25, 0.3) is 5.69 Å². The fourth-order valence-electron chi connectivity index (χ4n) is 2.84. The third kappa shape index (κ3) is 7.40. The number of anilines is 1. The van der Waals surface area contributed by atoms with E-state index in [2.05, 4.69) is 20.8 Å². The zero-order valence-corrected chi connectivity index (χ0v) is 18.5. The summed E-state index contributed by atoms with van der Waals surface area (Å²) in [7, 11) is 0. The van der Waals surface area contributed by atoms with Crippen molar-refractivity contribution in [2.75, 3.05) is 5.32 Å². The number of carbonyl (C=O) groups is 1. The maximum atomic E-state index is 12.8. The topological polar surface area (TPSA) is 119 Å². The van der Waals surface area contributed by atoms with Crippen molar-refractivity contribution < 1.29 is 27.7 Å². The average molecular weight is 508 g/mol. The molecule has 3 aromatic rings. The maximum absolute atomic E-state index is 12.8. The summed E-state index contributed by atoms with van der Waals surface area (Å²) in [5.41, 5.74) is -0.449. The van der Waals surface area contributed by atoms with Crippen LogP contribution in [0.3, 0.4) is 0 Å². The van der Waals surface area contributed by atoms with Gasteiger partial charge in [-0.25, -0.2) is 4.79 Å². The van der Waals surface area contributed by atoms with Gasteiger partial charge in [0.1, 0.15) is 5.84 Å². The number of hydrogen-bond acceptors (Lipinski definition) is 6. The van der Waals surface area contributed by atoms with Gasteiger partial charge in [-0.2, -0.15) is 13.2 Å². The number of alkyl halides is 3. The number of nitrogens with zero attached hydrogens (tertiary/aromatic N) is 3. The van der Waals surface area contributed by atoms with Gasteiger partial charge in [-0.15, -0.1) is 0 Å². The third-order valence-corrected chi connectivity index (χ3v) is 4.84. The van der Waals surface area contributed by atoms with Gasteiger partial charge in [0.2, 0.25) is 0 Å². The minimum absolute atomic E-state index is 0.0275. The van der Waals surface area contributed by atoms with Crippen LogP contribution in [0.1, 0.15) is 16.8 Å². The van der Waals surface area contributed by atoms with Crippen molar-refractivity contribution in [3.8, 4) is 0 Å². The highest BCUT2D eigenvalue weighted by molar-refractivity contribution is 6.31. The van der Waals surface area contributed by atoms with E-state index in [4.69, 9.17) is 16.4 Å². The van der Waals surface area contributed by atoms with Crippen LogP contribution in [0, 0.1) is 10.1 Å². The van der Waals surface area contributed by atoms with Gasteiger partial charge in [0.05, 0.1) is 27.7 Å². The Labute approximate surface area is 201 Å². The number of halogens is 4. The molecule has 2 N–H and O–H groups in total. The van der Waals surface area contributed by atoms with Gasteiger partial charge in [0.15, 0.2) is 0 Å². The Morgan fingerprint density at radius 2 is 1.83 bits per heavy atom. The molecule has 2 aromatic carbocycles. The molecule has 0 aliphatic rings. The summed E-state index contributed by atoms with van der Waals surface area (Å²) in [6.07, 6.45) is -5.06. The zero-order valence-electron chi connectivity index (χ0n) is 17.8. The lowest BCUT2D eigenvalue weighted by molar-refractivity contribution is -0.385. The van der Waals surface area contributed by atoms with Crippen LogP contribution in [0.15, 0.2) is 72.0 Å². The van der Waals surface area contributed by atoms with Gasteiger partial charge in [0, 0.05) is 29.9 Å². The van der Waals surface area contributed by atoms with Crippen molar-refractivity contribution in [1.82, 2.24) is 10.3 Å². The van der Waals surface area contributed by atoms with Crippen LogP contribution in [-0.2, 0) is 24.0 Å². The number of benzene rings is 2. The number of nitrogens with one attached hydrogen (secondary N) is 2. The molecule has 0 aliphatic carbocycles. The molecule has 0 saturated carbocycles. The first-order chi connectivity index (χ1) is 16.6. The Hall–Kier alpha value is -4.19. The molecule has 0 atom stereocenters. The number of para-hydroxylation sites is 2. The number of amidine groups is 1. The highest BCUT2D eigenvalue weighted by atomic mass is 35.5. The van der Waals surface area contributed by atoms with Crippen LogP contribution in [0.2, 0.25) is 5.02 Å². The van der Waals surface area contributed by atoms with Crippen LogP contribution in [0.5, 0.6) is 0 Å². The number of amides is 1. The van der Waals surface area contributed by atoms with Crippen LogP contribution in [0.25, 0.3) is 0 Å². The normalized spacial score (nSPS) is 11.6. The molecule has 1 heterocycles. The Morgan fingerprint density at radius 1 is 1.14 bits per heavy atom. The lowest BCUT2D eigenvalue weighted by atomic mass is 10.1. The van der Waals surface area contributed by atoms with E-state index in [1.807, 2.05) is 0 Å². The van der Waals surface area contributed by atoms with E-state index in [1.165, 1.54) is 18.2 Å². The Bertz CT molecular complexity index is 1240.